The highest BCUT2D eigenvalue weighted by Gasteiger charge is 2.43. The van der Waals surface area contributed by atoms with Crippen molar-refractivity contribution in [3.63, 3.8) is 0 Å². The zero-order valence-corrected chi connectivity index (χ0v) is 18.2. The second-order valence-electron chi connectivity index (χ2n) is 8.01. The number of carbonyl (C=O) groups excluding carboxylic acids is 2. The molecule has 0 spiro atoms. The van der Waals surface area contributed by atoms with Gasteiger partial charge in [-0.2, -0.15) is 0 Å². The van der Waals surface area contributed by atoms with E-state index < -0.39 is 17.9 Å². The van der Waals surface area contributed by atoms with Crippen LogP contribution in [-0.2, 0) is 32.2 Å². The zero-order chi connectivity index (χ0) is 22.1. The van der Waals surface area contributed by atoms with Crippen molar-refractivity contribution in [1.82, 2.24) is 4.90 Å². The fraction of sp³-hybridized carbons (Fsp3) is 0.385. The van der Waals surface area contributed by atoms with Gasteiger partial charge < -0.3 is 9.47 Å². The molecule has 5 nitrogen and oxygen atoms in total. The molecule has 31 heavy (non-hydrogen) atoms. The molecule has 2 aromatic carbocycles. The molecule has 5 heteroatoms. The van der Waals surface area contributed by atoms with Gasteiger partial charge in [-0.25, -0.2) is 0 Å². The number of unbranched alkanes of at least 4 members (excludes halogenated alkanes) is 1. The van der Waals surface area contributed by atoms with E-state index in [9.17, 15) is 9.59 Å². The summed E-state index contributed by atoms with van der Waals surface area (Å²) in [5, 5.41) is 0. The Balaban J connectivity index is 1.79. The molecule has 0 unspecified atom stereocenters. The van der Waals surface area contributed by atoms with Crippen molar-refractivity contribution in [1.29, 1.82) is 0 Å². The van der Waals surface area contributed by atoms with Gasteiger partial charge >= 0.3 is 11.9 Å². The van der Waals surface area contributed by atoms with E-state index >= 15 is 0 Å². The van der Waals surface area contributed by atoms with Crippen molar-refractivity contribution in [3.05, 3.63) is 83.9 Å². The van der Waals surface area contributed by atoms with Gasteiger partial charge in [0.05, 0.1) is 12.5 Å². The maximum Gasteiger partial charge on any atom is 0.324 e. The Hall–Kier alpha value is -2.92. The Bertz CT molecular complexity index is 865. The standard InChI is InChI=1S/C26H31NO4/c1-3-4-15-30-25(28)23-16-20(2)17-27(18-21-11-7-5-8-12-21)24(23)26(29)31-19-22-13-9-6-10-14-22/h5-14,23-24H,2-4,15-19H2,1H3/t23-,24-/m0/s1. The second kappa shape index (κ2) is 11.5. The zero-order valence-electron chi connectivity index (χ0n) is 18.2. The van der Waals surface area contributed by atoms with Crippen LogP contribution in [0.2, 0.25) is 0 Å². The van der Waals surface area contributed by atoms with Crippen molar-refractivity contribution in [2.24, 2.45) is 5.92 Å². The van der Waals surface area contributed by atoms with Crippen molar-refractivity contribution in [2.45, 2.75) is 45.4 Å². The van der Waals surface area contributed by atoms with Crippen LogP contribution >= 0.6 is 0 Å². The summed E-state index contributed by atoms with van der Waals surface area (Å²) >= 11 is 0. The first-order chi connectivity index (χ1) is 15.1. The molecule has 0 N–H and O–H groups in total. The van der Waals surface area contributed by atoms with Crippen LogP contribution in [0.5, 0.6) is 0 Å². The molecular weight excluding hydrogens is 390 g/mol. The summed E-state index contributed by atoms with van der Waals surface area (Å²) in [6, 6.07) is 18.8. The highest BCUT2D eigenvalue weighted by Crippen LogP contribution is 2.30. The number of nitrogens with zero attached hydrogens (tertiary/aromatic N) is 1. The minimum atomic E-state index is -0.705. The fourth-order valence-corrected chi connectivity index (χ4v) is 3.86. The van der Waals surface area contributed by atoms with Gasteiger partial charge in [0.2, 0.25) is 0 Å². The topological polar surface area (TPSA) is 55.8 Å². The number of esters is 2. The molecule has 1 aliphatic rings. The van der Waals surface area contributed by atoms with Gasteiger partial charge in [-0.3, -0.25) is 14.5 Å². The lowest BCUT2D eigenvalue weighted by Crippen LogP contribution is -2.53. The van der Waals surface area contributed by atoms with Crippen LogP contribution in [0, 0.1) is 5.92 Å². The minimum Gasteiger partial charge on any atom is -0.465 e. The Morgan fingerprint density at radius 2 is 1.61 bits per heavy atom. The van der Waals surface area contributed by atoms with E-state index in [2.05, 4.69) is 6.58 Å². The molecule has 3 rings (SSSR count). The molecule has 0 bridgehead atoms. The number of benzene rings is 2. The summed E-state index contributed by atoms with van der Waals surface area (Å²) in [4.78, 5) is 28.1. The first kappa shape index (κ1) is 22.8. The number of hydrogen-bond donors (Lipinski definition) is 0. The van der Waals surface area contributed by atoms with Crippen LogP contribution < -0.4 is 0 Å². The average Bonchev–Trinajstić information content (AvgIpc) is 2.78. The monoisotopic (exact) mass is 421 g/mol. The van der Waals surface area contributed by atoms with Gasteiger partial charge in [-0.1, -0.05) is 86.2 Å². The number of piperidine rings is 1. The highest BCUT2D eigenvalue weighted by atomic mass is 16.5. The molecule has 1 fully saturated rings. The predicted octanol–water partition coefficient (Wildman–Crippen LogP) is 4.52. The quantitative estimate of drug-likeness (QED) is 0.338. The van der Waals surface area contributed by atoms with Crippen LogP contribution in [0.15, 0.2) is 72.8 Å². The van der Waals surface area contributed by atoms with Gasteiger partial charge in [-0.05, 0) is 24.0 Å². The van der Waals surface area contributed by atoms with Gasteiger partial charge in [0.1, 0.15) is 12.6 Å². The highest BCUT2D eigenvalue weighted by molar-refractivity contribution is 5.85. The Kier molecular flexibility index (Phi) is 8.42. The van der Waals surface area contributed by atoms with Crippen molar-refractivity contribution < 1.29 is 19.1 Å². The Morgan fingerprint density at radius 1 is 0.968 bits per heavy atom. The number of ether oxygens (including phenoxy) is 2. The minimum absolute atomic E-state index is 0.175. The van der Waals surface area contributed by atoms with Crippen LogP contribution in [0.1, 0.15) is 37.3 Å². The van der Waals surface area contributed by atoms with E-state index in [1.807, 2.05) is 72.5 Å². The molecule has 1 aliphatic heterocycles. The summed E-state index contributed by atoms with van der Waals surface area (Å²) in [5.74, 6) is -1.37. The van der Waals surface area contributed by atoms with E-state index in [-0.39, 0.29) is 12.6 Å². The van der Waals surface area contributed by atoms with Crippen molar-refractivity contribution >= 4 is 11.9 Å². The molecule has 164 valence electrons. The van der Waals surface area contributed by atoms with Crippen molar-refractivity contribution in [2.75, 3.05) is 13.2 Å². The molecule has 1 heterocycles. The SMILES string of the molecule is C=C1C[C@H](C(=O)OCCCC)[C@@H](C(=O)OCc2ccccc2)N(Cc2ccccc2)C1. The molecule has 0 amide bonds. The summed E-state index contributed by atoms with van der Waals surface area (Å²) < 4.78 is 11.2. The lowest BCUT2D eigenvalue weighted by molar-refractivity contribution is -0.165. The van der Waals surface area contributed by atoms with Crippen LogP contribution in [0.3, 0.4) is 0 Å². The fourth-order valence-electron chi connectivity index (χ4n) is 3.86. The van der Waals surface area contributed by atoms with E-state index in [1.54, 1.807) is 0 Å². The number of rotatable bonds is 9. The molecule has 2 atom stereocenters. The molecule has 0 aromatic heterocycles. The van der Waals surface area contributed by atoms with E-state index in [1.165, 1.54) is 0 Å². The summed E-state index contributed by atoms with van der Waals surface area (Å²) in [5.41, 5.74) is 2.89. The maximum absolute atomic E-state index is 13.2. The van der Waals surface area contributed by atoms with E-state index in [0.29, 0.717) is 26.1 Å². The average molecular weight is 422 g/mol. The first-order valence-corrected chi connectivity index (χ1v) is 10.9. The molecule has 1 saturated heterocycles. The Morgan fingerprint density at radius 3 is 2.26 bits per heavy atom. The number of hydrogen-bond acceptors (Lipinski definition) is 5. The Labute approximate surface area is 184 Å². The number of likely N-dealkylation sites (tertiary alicyclic amines) is 1. The van der Waals surface area contributed by atoms with Crippen LogP contribution in [-0.4, -0.2) is 36.0 Å². The smallest absolute Gasteiger partial charge is 0.324 e. The lowest BCUT2D eigenvalue weighted by Gasteiger charge is -2.39. The molecular formula is C26H31NO4. The summed E-state index contributed by atoms with van der Waals surface area (Å²) in [6.07, 6.45) is 2.17. The first-order valence-electron chi connectivity index (χ1n) is 10.9. The van der Waals surface area contributed by atoms with Gasteiger partial charge in [0.15, 0.2) is 0 Å². The molecule has 2 aromatic rings. The van der Waals surface area contributed by atoms with Gasteiger partial charge in [0, 0.05) is 13.1 Å². The second-order valence-corrected chi connectivity index (χ2v) is 8.01. The van der Waals surface area contributed by atoms with Gasteiger partial charge in [0.25, 0.3) is 0 Å². The van der Waals surface area contributed by atoms with Crippen molar-refractivity contribution in [3.8, 4) is 0 Å². The third kappa shape index (κ3) is 6.53. The third-order valence-corrected chi connectivity index (χ3v) is 5.45. The molecule has 0 saturated carbocycles. The van der Waals surface area contributed by atoms with E-state index in [4.69, 9.17) is 9.47 Å². The van der Waals surface area contributed by atoms with Crippen LogP contribution in [0.25, 0.3) is 0 Å². The molecule has 0 aliphatic carbocycles. The van der Waals surface area contributed by atoms with Crippen LogP contribution in [0.4, 0.5) is 0 Å². The largest absolute Gasteiger partial charge is 0.465 e. The van der Waals surface area contributed by atoms with E-state index in [0.717, 1.165) is 29.5 Å². The molecule has 0 radical (unpaired) electrons. The number of carbonyl (C=O) groups is 2. The maximum atomic E-state index is 13.2. The predicted molar refractivity (Wildman–Crippen MR) is 120 cm³/mol. The summed E-state index contributed by atoms with van der Waals surface area (Å²) in [7, 11) is 0. The van der Waals surface area contributed by atoms with Gasteiger partial charge in [-0.15, -0.1) is 0 Å². The summed E-state index contributed by atoms with van der Waals surface area (Å²) in [6.45, 7) is 7.77. The lowest BCUT2D eigenvalue weighted by atomic mass is 9.86. The third-order valence-electron chi connectivity index (χ3n) is 5.45. The normalized spacial score (nSPS) is 19.1.